The summed E-state index contributed by atoms with van der Waals surface area (Å²) in [5.74, 6) is -0.247. The molecule has 0 saturated heterocycles. The lowest BCUT2D eigenvalue weighted by Crippen LogP contribution is -2.35. The Morgan fingerprint density at radius 1 is 1.26 bits per heavy atom. The van der Waals surface area contributed by atoms with Gasteiger partial charge in [0.2, 0.25) is 0 Å². The zero-order valence-corrected chi connectivity index (χ0v) is 11.6. The van der Waals surface area contributed by atoms with E-state index in [1.807, 2.05) is 23.9 Å². The van der Waals surface area contributed by atoms with Crippen LogP contribution in [0.4, 0.5) is 4.39 Å². The second kappa shape index (κ2) is 5.13. The molecule has 19 heavy (non-hydrogen) atoms. The van der Waals surface area contributed by atoms with E-state index in [2.05, 4.69) is 18.9 Å². The molecule has 102 valence electrons. The number of halogens is 1. The van der Waals surface area contributed by atoms with Gasteiger partial charge >= 0.3 is 0 Å². The van der Waals surface area contributed by atoms with Crippen LogP contribution in [0.25, 0.3) is 0 Å². The van der Waals surface area contributed by atoms with Crippen LogP contribution < -0.4 is 5.73 Å². The van der Waals surface area contributed by atoms with Crippen LogP contribution in [0.1, 0.15) is 38.1 Å². The molecule has 3 nitrogen and oxygen atoms in total. The number of nitrogens with zero attached hydrogens (tertiary/aromatic N) is 2. The van der Waals surface area contributed by atoms with Crippen molar-refractivity contribution in [2.24, 2.45) is 5.73 Å². The smallest absolute Gasteiger partial charge is 0.123 e. The lowest BCUT2D eigenvalue weighted by molar-refractivity contribution is 0.468. The van der Waals surface area contributed by atoms with Gasteiger partial charge in [-0.25, -0.2) is 4.39 Å². The molecule has 2 rings (SSSR count). The first-order chi connectivity index (χ1) is 8.88. The average molecular weight is 261 g/mol. The van der Waals surface area contributed by atoms with Crippen molar-refractivity contribution >= 4 is 0 Å². The minimum atomic E-state index is -0.552. The van der Waals surface area contributed by atoms with E-state index in [0.717, 1.165) is 11.3 Å². The Morgan fingerprint density at radius 3 is 2.42 bits per heavy atom. The van der Waals surface area contributed by atoms with Crippen LogP contribution in [0.2, 0.25) is 0 Å². The Labute approximate surface area is 113 Å². The van der Waals surface area contributed by atoms with E-state index in [-0.39, 0.29) is 5.82 Å². The molecule has 0 aliphatic carbocycles. The predicted molar refractivity (Wildman–Crippen MR) is 74.3 cm³/mol. The molecule has 1 heterocycles. The number of hydrogen-bond acceptors (Lipinski definition) is 2. The van der Waals surface area contributed by atoms with Crippen molar-refractivity contribution < 1.29 is 4.39 Å². The second-order valence-corrected chi connectivity index (χ2v) is 5.48. The Morgan fingerprint density at radius 2 is 1.89 bits per heavy atom. The van der Waals surface area contributed by atoms with E-state index in [9.17, 15) is 4.39 Å². The van der Waals surface area contributed by atoms with Gasteiger partial charge < -0.3 is 5.73 Å². The first-order valence-electron chi connectivity index (χ1n) is 6.47. The molecular formula is C15H20FN3. The molecule has 1 unspecified atom stereocenters. The van der Waals surface area contributed by atoms with Gasteiger partial charge in [-0.1, -0.05) is 12.1 Å². The number of rotatable bonds is 4. The van der Waals surface area contributed by atoms with Crippen LogP contribution in [0.3, 0.4) is 0 Å². The second-order valence-electron chi connectivity index (χ2n) is 5.48. The van der Waals surface area contributed by atoms with Crippen molar-refractivity contribution in [3.8, 4) is 0 Å². The summed E-state index contributed by atoms with van der Waals surface area (Å²) in [6.45, 7) is 6.10. The van der Waals surface area contributed by atoms with E-state index >= 15 is 0 Å². The van der Waals surface area contributed by atoms with Gasteiger partial charge in [-0.2, -0.15) is 5.10 Å². The average Bonchev–Trinajstić information content (AvgIpc) is 2.77. The van der Waals surface area contributed by atoms with Gasteiger partial charge in [0, 0.05) is 24.2 Å². The highest BCUT2D eigenvalue weighted by Crippen LogP contribution is 2.22. The van der Waals surface area contributed by atoms with Gasteiger partial charge in [-0.3, -0.25) is 4.68 Å². The molecule has 2 aromatic rings. The van der Waals surface area contributed by atoms with Gasteiger partial charge in [0.25, 0.3) is 0 Å². The summed E-state index contributed by atoms with van der Waals surface area (Å²) in [4.78, 5) is 0. The van der Waals surface area contributed by atoms with Crippen molar-refractivity contribution in [2.45, 2.75) is 38.8 Å². The van der Waals surface area contributed by atoms with Gasteiger partial charge in [-0.05, 0) is 44.5 Å². The maximum absolute atomic E-state index is 12.9. The van der Waals surface area contributed by atoms with E-state index in [1.54, 1.807) is 12.1 Å². The Balaban J connectivity index is 2.17. The fraction of sp³-hybridized carbons (Fsp3) is 0.400. The fourth-order valence-corrected chi connectivity index (χ4v) is 2.07. The van der Waals surface area contributed by atoms with Crippen molar-refractivity contribution in [3.05, 3.63) is 53.6 Å². The van der Waals surface area contributed by atoms with Crippen molar-refractivity contribution in [1.29, 1.82) is 0 Å². The van der Waals surface area contributed by atoms with Crippen LogP contribution in [0, 0.1) is 5.82 Å². The van der Waals surface area contributed by atoms with Gasteiger partial charge in [0.05, 0.1) is 5.69 Å². The third-order valence-corrected chi connectivity index (χ3v) is 3.24. The normalized spacial score (nSPS) is 14.6. The first-order valence-corrected chi connectivity index (χ1v) is 6.47. The standard InChI is InChI=1S/C15H20FN3/c1-11(2)19-9-8-14(18-19)10-15(3,17)12-4-6-13(16)7-5-12/h4-9,11H,10,17H2,1-3H3. The van der Waals surface area contributed by atoms with Crippen molar-refractivity contribution in [2.75, 3.05) is 0 Å². The molecule has 0 aliphatic heterocycles. The molecule has 0 aliphatic rings. The Hall–Kier alpha value is -1.68. The van der Waals surface area contributed by atoms with Crippen molar-refractivity contribution in [1.82, 2.24) is 9.78 Å². The van der Waals surface area contributed by atoms with E-state index in [4.69, 9.17) is 5.73 Å². The summed E-state index contributed by atoms with van der Waals surface area (Å²) in [6.07, 6.45) is 2.58. The molecular weight excluding hydrogens is 241 g/mol. The molecule has 0 saturated carbocycles. The number of aromatic nitrogens is 2. The molecule has 2 N–H and O–H groups in total. The molecule has 1 aromatic heterocycles. The van der Waals surface area contributed by atoms with Crippen LogP contribution >= 0.6 is 0 Å². The number of benzene rings is 1. The van der Waals surface area contributed by atoms with Crippen LogP contribution in [0.15, 0.2) is 36.5 Å². The van der Waals surface area contributed by atoms with Crippen LogP contribution in [0.5, 0.6) is 0 Å². The molecule has 0 bridgehead atoms. The van der Waals surface area contributed by atoms with Gasteiger partial charge in [-0.15, -0.1) is 0 Å². The Bertz CT molecular complexity index is 541. The molecule has 0 radical (unpaired) electrons. The highest BCUT2D eigenvalue weighted by molar-refractivity contribution is 5.25. The van der Waals surface area contributed by atoms with Crippen molar-refractivity contribution in [3.63, 3.8) is 0 Å². The molecule has 1 aromatic carbocycles. The third kappa shape index (κ3) is 3.20. The highest BCUT2D eigenvalue weighted by Gasteiger charge is 2.23. The predicted octanol–water partition coefficient (Wildman–Crippen LogP) is 3.02. The topological polar surface area (TPSA) is 43.8 Å². The van der Waals surface area contributed by atoms with E-state index < -0.39 is 5.54 Å². The van der Waals surface area contributed by atoms with Crippen LogP contribution in [-0.4, -0.2) is 9.78 Å². The summed E-state index contributed by atoms with van der Waals surface area (Å²) < 4.78 is 14.9. The highest BCUT2D eigenvalue weighted by atomic mass is 19.1. The molecule has 0 amide bonds. The quantitative estimate of drug-likeness (QED) is 0.919. The minimum Gasteiger partial charge on any atom is -0.321 e. The fourth-order valence-electron chi connectivity index (χ4n) is 2.07. The van der Waals surface area contributed by atoms with Gasteiger partial charge in [0.1, 0.15) is 5.82 Å². The molecule has 0 fully saturated rings. The maximum atomic E-state index is 12.9. The number of hydrogen-bond donors (Lipinski definition) is 1. The summed E-state index contributed by atoms with van der Waals surface area (Å²) >= 11 is 0. The lowest BCUT2D eigenvalue weighted by Gasteiger charge is -2.24. The minimum absolute atomic E-state index is 0.247. The van der Waals surface area contributed by atoms with E-state index in [1.165, 1.54) is 12.1 Å². The maximum Gasteiger partial charge on any atom is 0.123 e. The summed E-state index contributed by atoms with van der Waals surface area (Å²) in [5, 5.41) is 4.50. The first kappa shape index (κ1) is 13.7. The zero-order chi connectivity index (χ0) is 14.0. The molecule has 0 spiro atoms. The third-order valence-electron chi connectivity index (χ3n) is 3.24. The monoisotopic (exact) mass is 261 g/mol. The Kier molecular flexibility index (Phi) is 3.71. The lowest BCUT2D eigenvalue weighted by atomic mass is 9.88. The molecule has 1 atom stereocenters. The number of nitrogens with two attached hydrogens (primary N) is 1. The summed E-state index contributed by atoms with van der Waals surface area (Å²) in [7, 11) is 0. The largest absolute Gasteiger partial charge is 0.321 e. The molecule has 4 heteroatoms. The SMILES string of the molecule is CC(C)n1ccc(CC(C)(N)c2ccc(F)cc2)n1. The summed E-state index contributed by atoms with van der Waals surface area (Å²) in [5.41, 5.74) is 7.64. The zero-order valence-electron chi connectivity index (χ0n) is 11.6. The van der Waals surface area contributed by atoms with E-state index in [0.29, 0.717) is 12.5 Å². The summed E-state index contributed by atoms with van der Waals surface area (Å²) in [6, 6.07) is 8.65. The van der Waals surface area contributed by atoms with Gasteiger partial charge in [0.15, 0.2) is 0 Å². The van der Waals surface area contributed by atoms with Crippen LogP contribution in [-0.2, 0) is 12.0 Å².